The van der Waals surface area contributed by atoms with Crippen molar-refractivity contribution < 1.29 is 18.8 Å². The van der Waals surface area contributed by atoms with Gasteiger partial charge in [-0.15, -0.1) is 0 Å². The van der Waals surface area contributed by atoms with Crippen LogP contribution < -0.4 is 10.6 Å². The molecule has 2 fully saturated rings. The summed E-state index contributed by atoms with van der Waals surface area (Å²) in [4.78, 5) is 38.9. The Hall–Kier alpha value is -3.09. The number of carbonyl (C=O) groups excluding carboxylic acids is 3. The molecule has 1 saturated heterocycles. The van der Waals surface area contributed by atoms with Crippen LogP contribution in [0.5, 0.6) is 0 Å². The number of amides is 3. The van der Waals surface area contributed by atoms with Crippen molar-refractivity contribution in [2.45, 2.75) is 38.1 Å². The summed E-state index contributed by atoms with van der Waals surface area (Å²) in [5, 5.41) is 5.60. The average Bonchev–Trinajstić information content (AvgIpc) is 3.43. The number of likely N-dealkylation sites (tertiary alicyclic amines) is 1. The highest BCUT2D eigenvalue weighted by Gasteiger charge is 2.38. The lowest BCUT2D eigenvalue weighted by Crippen LogP contribution is -2.35. The summed E-state index contributed by atoms with van der Waals surface area (Å²) >= 11 is 0. The standard InChI is InChI=1S/C21H23N3O4/c25-19-11-14(13-24(19)17-7-1-2-8-17)20(26)22-15-5-3-6-16(12-15)23-21(27)18-9-4-10-28-18/h3-6,9-10,12,14,17H,1-2,7-8,11,13H2,(H,22,26)(H,23,27)/t14-/m0/s1. The van der Waals surface area contributed by atoms with E-state index in [1.165, 1.54) is 6.26 Å². The van der Waals surface area contributed by atoms with E-state index in [4.69, 9.17) is 4.42 Å². The molecule has 3 amide bonds. The highest BCUT2D eigenvalue weighted by molar-refractivity contribution is 6.03. The molecule has 2 aromatic rings. The SMILES string of the molecule is O=C(Nc1cccc(NC(=O)[C@H]2CC(=O)N(C3CCCC3)C2)c1)c1ccco1. The molecule has 1 aromatic heterocycles. The van der Waals surface area contributed by atoms with Gasteiger partial charge in [-0.1, -0.05) is 18.9 Å². The average molecular weight is 381 g/mol. The van der Waals surface area contributed by atoms with Crippen LogP contribution in [0.4, 0.5) is 11.4 Å². The van der Waals surface area contributed by atoms with E-state index in [-0.39, 0.29) is 35.8 Å². The zero-order chi connectivity index (χ0) is 19.5. The Balaban J connectivity index is 1.37. The molecule has 2 heterocycles. The third-order valence-corrected chi connectivity index (χ3v) is 5.43. The molecule has 1 aliphatic carbocycles. The number of nitrogens with one attached hydrogen (secondary N) is 2. The minimum Gasteiger partial charge on any atom is -0.459 e. The van der Waals surface area contributed by atoms with Gasteiger partial charge in [0.25, 0.3) is 5.91 Å². The van der Waals surface area contributed by atoms with Crippen LogP contribution in [0.15, 0.2) is 47.1 Å². The van der Waals surface area contributed by atoms with E-state index in [1.807, 2.05) is 4.90 Å². The first-order chi connectivity index (χ1) is 13.6. The van der Waals surface area contributed by atoms with Gasteiger partial charge in [-0.3, -0.25) is 14.4 Å². The number of furan rings is 1. The fraction of sp³-hybridized carbons (Fsp3) is 0.381. The molecule has 1 aromatic carbocycles. The lowest BCUT2D eigenvalue weighted by Gasteiger charge is -2.23. The van der Waals surface area contributed by atoms with Crippen molar-refractivity contribution in [1.29, 1.82) is 0 Å². The van der Waals surface area contributed by atoms with Crippen LogP contribution in [0.2, 0.25) is 0 Å². The summed E-state index contributed by atoms with van der Waals surface area (Å²) < 4.78 is 5.07. The first-order valence-corrected chi connectivity index (χ1v) is 9.65. The van der Waals surface area contributed by atoms with Crippen LogP contribution in [-0.4, -0.2) is 35.2 Å². The molecular formula is C21H23N3O4. The van der Waals surface area contributed by atoms with Crippen molar-refractivity contribution in [3.63, 3.8) is 0 Å². The minimum absolute atomic E-state index is 0.0755. The van der Waals surface area contributed by atoms with E-state index >= 15 is 0 Å². The quantitative estimate of drug-likeness (QED) is 0.832. The smallest absolute Gasteiger partial charge is 0.291 e. The van der Waals surface area contributed by atoms with Gasteiger partial charge in [-0.25, -0.2) is 0 Å². The lowest BCUT2D eigenvalue weighted by molar-refractivity contribution is -0.129. The monoisotopic (exact) mass is 381 g/mol. The van der Waals surface area contributed by atoms with Crippen LogP contribution in [0.1, 0.15) is 42.7 Å². The minimum atomic E-state index is -0.359. The maximum atomic E-state index is 12.6. The summed E-state index contributed by atoms with van der Waals surface area (Å²) in [6.45, 7) is 0.490. The van der Waals surface area contributed by atoms with Crippen molar-refractivity contribution in [3.8, 4) is 0 Å². The van der Waals surface area contributed by atoms with E-state index in [9.17, 15) is 14.4 Å². The van der Waals surface area contributed by atoms with E-state index in [0.717, 1.165) is 25.7 Å². The molecule has 146 valence electrons. The van der Waals surface area contributed by atoms with Crippen molar-refractivity contribution in [3.05, 3.63) is 48.4 Å². The number of hydrogen-bond acceptors (Lipinski definition) is 4. The molecule has 1 atom stereocenters. The molecule has 2 N–H and O–H groups in total. The van der Waals surface area contributed by atoms with Gasteiger partial charge in [-0.2, -0.15) is 0 Å². The molecule has 0 unspecified atom stereocenters. The Labute approximate surface area is 163 Å². The van der Waals surface area contributed by atoms with Crippen LogP contribution in [0, 0.1) is 5.92 Å². The second-order valence-corrected chi connectivity index (χ2v) is 7.39. The number of carbonyl (C=O) groups is 3. The van der Waals surface area contributed by atoms with Crippen LogP contribution >= 0.6 is 0 Å². The van der Waals surface area contributed by atoms with Crippen molar-refractivity contribution >= 4 is 29.1 Å². The zero-order valence-electron chi connectivity index (χ0n) is 15.5. The van der Waals surface area contributed by atoms with Crippen LogP contribution in [0.3, 0.4) is 0 Å². The van der Waals surface area contributed by atoms with Gasteiger partial charge >= 0.3 is 0 Å². The second-order valence-electron chi connectivity index (χ2n) is 7.39. The fourth-order valence-corrected chi connectivity index (χ4v) is 4.00. The van der Waals surface area contributed by atoms with Gasteiger partial charge in [0.1, 0.15) is 0 Å². The number of nitrogens with zero attached hydrogens (tertiary/aromatic N) is 1. The van der Waals surface area contributed by atoms with Crippen LogP contribution in [0.25, 0.3) is 0 Å². The Kier molecular flexibility index (Phi) is 5.14. The Morgan fingerprint density at radius 3 is 2.50 bits per heavy atom. The first kappa shape index (κ1) is 18.3. The molecule has 7 nitrogen and oxygen atoms in total. The summed E-state index contributed by atoms with van der Waals surface area (Å²) in [6, 6.07) is 10.4. The zero-order valence-corrected chi connectivity index (χ0v) is 15.5. The number of hydrogen-bond donors (Lipinski definition) is 2. The summed E-state index contributed by atoms with van der Waals surface area (Å²) in [5.74, 6) is -0.572. The third-order valence-electron chi connectivity index (χ3n) is 5.43. The maximum absolute atomic E-state index is 12.6. The second kappa shape index (κ2) is 7.88. The highest BCUT2D eigenvalue weighted by atomic mass is 16.3. The lowest BCUT2D eigenvalue weighted by atomic mass is 10.1. The van der Waals surface area contributed by atoms with Gasteiger partial charge in [0.2, 0.25) is 11.8 Å². The van der Waals surface area contributed by atoms with E-state index in [0.29, 0.717) is 24.0 Å². The first-order valence-electron chi connectivity index (χ1n) is 9.65. The molecule has 4 rings (SSSR count). The van der Waals surface area contributed by atoms with Gasteiger partial charge in [0, 0.05) is 30.4 Å². The predicted octanol–water partition coefficient (Wildman–Crippen LogP) is 3.26. The van der Waals surface area contributed by atoms with Gasteiger partial charge in [0.15, 0.2) is 5.76 Å². The molecule has 0 radical (unpaired) electrons. The number of rotatable bonds is 5. The predicted molar refractivity (Wildman–Crippen MR) is 104 cm³/mol. The molecule has 28 heavy (non-hydrogen) atoms. The summed E-state index contributed by atoms with van der Waals surface area (Å²) in [5.41, 5.74) is 1.13. The van der Waals surface area contributed by atoms with Crippen LogP contribution in [-0.2, 0) is 9.59 Å². The third kappa shape index (κ3) is 3.93. The molecule has 0 bridgehead atoms. The van der Waals surface area contributed by atoms with Gasteiger partial charge in [0.05, 0.1) is 12.2 Å². The number of anilines is 2. The van der Waals surface area contributed by atoms with Gasteiger partial charge < -0.3 is 20.0 Å². The molecule has 2 aliphatic rings. The fourth-order valence-electron chi connectivity index (χ4n) is 4.00. The summed E-state index contributed by atoms with van der Waals surface area (Å²) in [6.07, 6.45) is 6.08. The Morgan fingerprint density at radius 1 is 1.04 bits per heavy atom. The van der Waals surface area contributed by atoms with E-state index < -0.39 is 0 Å². The van der Waals surface area contributed by atoms with E-state index in [2.05, 4.69) is 10.6 Å². The molecular weight excluding hydrogens is 358 g/mol. The maximum Gasteiger partial charge on any atom is 0.291 e. The molecule has 1 aliphatic heterocycles. The molecule has 7 heteroatoms. The highest BCUT2D eigenvalue weighted by Crippen LogP contribution is 2.30. The Bertz CT molecular complexity index is 872. The molecule has 0 spiro atoms. The van der Waals surface area contributed by atoms with Crippen molar-refractivity contribution in [2.75, 3.05) is 17.2 Å². The largest absolute Gasteiger partial charge is 0.459 e. The normalized spacial score (nSPS) is 19.8. The van der Waals surface area contributed by atoms with Crippen molar-refractivity contribution in [2.24, 2.45) is 5.92 Å². The summed E-state index contributed by atoms with van der Waals surface area (Å²) in [7, 11) is 0. The number of benzene rings is 1. The van der Waals surface area contributed by atoms with Crippen molar-refractivity contribution in [1.82, 2.24) is 4.90 Å². The topological polar surface area (TPSA) is 91.7 Å². The van der Waals surface area contributed by atoms with E-state index in [1.54, 1.807) is 36.4 Å². The Morgan fingerprint density at radius 2 is 1.79 bits per heavy atom. The molecule has 1 saturated carbocycles. The van der Waals surface area contributed by atoms with Gasteiger partial charge in [-0.05, 0) is 43.2 Å².